The first-order valence-corrected chi connectivity index (χ1v) is 9.73. The summed E-state index contributed by atoms with van der Waals surface area (Å²) in [6.45, 7) is 1.53. The molecule has 0 N–H and O–H groups in total. The second-order valence-corrected chi connectivity index (χ2v) is 7.29. The molecule has 8 heteroatoms. The van der Waals surface area contributed by atoms with Crippen LogP contribution in [-0.4, -0.2) is 27.8 Å². The van der Waals surface area contributed by atoms with E-state index in [4.69, 9.17) is 27.9 Å². The Morgan fingerprint density at radius 1 is 1.13 bits per heavy atom. The lowest BCUT2D eigenvalue weighted by Crippen LogP contribution is -2.44. The first-order valence-electron chi connectivity index (χ1n) is 8.98. The summed E-state index contributed by atoms with van der Waals surface area (Å²) < 4.78 is 19.6. The van der Waals surface area contributed by atoms with E-state index in [1.54, 1.807) is 30.6 Å². The third-order valence-electron chi connectivity index (χ3n) is 4.35. The number of pyridine rings is 1. The molecule has 0 aliphatic rings. The zero-order valence-electron chi connectivity index (χ0n) is 15.9. The van der Waals surface area contributed by atoms with Crippen molar-refractivity contribution in [2.24, 2.45) is 0 Å². The van der Waals surface area contributed by atoms with Crippen LogP contribution in [0.25, 0.3) is 0 Å². The van der Waals surface area contributed by atoms with Crippen molar-refractivity contribution >= 4 is 35.1 Å². The van der Waals surface area contributed by atoms with Crippen molar-refractivity contribution < 1.29 is 18.7 Å². The van der Waals surface area contributed by atoms with Gasteiger partial charge in [0, 0.05) is 24.0 Å². The molecule has 1 amide bonds. The minimum Gasteiger partial charge on any atom is -0.423 e. The lowest BCUT2D eigenvalue weighted by molar-refractivity contribution is -0.139. The maximum atomic E-state index is 14.2. The van der Waals surface area contributed by atoms with Gasteiger partial charge in [-0.25, -0.2) is 9.18 Å². The van der Waals surface area contributed by atoms with Gasteiger partial charge in [0.25, 0.3) is 5.91 Å². The Kier molecular flexibility index (Phi) is 7.03. The molecule has 0 saturated carbocycles. The third kappa shape index (κ3) is 5.14. The highest BCUT2D eigenvalue weighted by Gasteiger charge is 2.30. The molecule has 5 nitrogen and oxygen atoms in total. The van der Waals surface area contributed by atoms with Crippen LogP contribution in [-0.2, 0) is 11.3 Å². The zero-order valence-corrected chi connectivity index (χ0v) is 17.4. The molecule has 30 heavy (non-hydrogen) atoms. The first-order chi connectivity index (χ1) is 14.4. The molecule has 3 aromatic rings. The van der Waals surface area contributed by atoms with Crippen LogP contribution < -0.4 is 4.74 Å². The summed E-state index contributed by atoms with van der Waals surface area (Å²) in [6, 6.07) is 12.4. The normalized spacial score (nSPS) is 11.6. The number of amides is 1. The molecule has 2 aromatic carbocycles. The van der Waals surface area contributed by atoms with Crippen LogP contribution in [0.1, 0.15) is 22.8 Å². The van der Waals surface area contributed by atoms with E-state index in [-0.39, 0.29) is 22.9 Å². The van der Waals surface area contributed by atoms with Crippen molar-refractivity contribution in [3.63, 3.8) is 0 Å². The van der Waals surface area contributed by atoms with Crippen LogP contribution in [0.5, 0.6) is 5.75 Å². The predicted octanol–water partition coefficient (Wildman–Crippen LogP) is 5.16. The number of halogens is 3. The molecule has 0 aliphatic heterocycles. The minimum absolute atomic E-state index is 0.0334. The fourth-order valence-electron chi connectivity index (χ4n) is 2.74. The Bertz CT molecular complexity index is 1060. The van der Waals surface area contributed by atoms with Crippen LogP contribution in [0.15, 0.2) is 67.0 Å². The quantitative estimate of drug-likeness (QED) is 0.387. The molecule has 0 aliphatic carbocycles. The molecule has 0 bridgehead atoms. The number of hydrogen-bond acceptors (Lipinski definition) is 4. The Balaban J connectivity index is 1.89. The number of hydrogen-bond donors (Lipinski definition) is 0. The van der Waals surface area contributed by atoms with Gasteiger partial charge in [-0.05, 0) is 48.9 Å². The van der Waals surface area contributed by atoms with Crippen molar-refractivity contribution in [2.45, 2.75) is 19.5 Å². The van der Waals surface area contributed by atoms with E-state index >= 15 is 0 Å². The molecule has 0 spiro atoms. The third-order valence-corrected chi connectivity index (χ3v) is 4.88. The molecule has 154 valence electrons. The number of nitrogens with zero attached hydrogens (tertiary/aromatic N) is 2. The highest BCUT2D eigenvalue weighted by atomic mass is 35.5. The molecule has 0 fully saturated rings. The van der Waals surface area contributed by atoms with Crippen LogP contribution in [0.4, 0.5) is 4.39 Å². The molecule has 1 heterocycles. The minimum atomic E-state index is -1.04. The molecule has 1 unspecified atom stereocenters. The van der Waals surface area contributed by atoms with Crippen LogP contribution in [0.3, 0.4) is 0 Å². The van der Waals surface area contributed by atoms with Gasteiger partial charge in [0.2, 0.25) is 0 Å². The van der Waals surface area contributed by atoms with Gasteiger partial charge in [-0.2, -0.15) is 0 Å². The van der Waals surface area contributed by atoms with Gasteiger partial charge >= 0.3 is 5.97 Å². The fourth-order valence-corrected chi connectivity index (χ4v) is 3.19. The van der Waals surface area contributed by atoms with Crippen molar-refractivity contribution in [1.82, 2.24) is 9.88 Å². The van der Waals surface area contributed by atoms with Crippen molar-refractivity contribution in [1.29, 1.82) is 0 Å². The number of ether oxygens (including phenoxy) is 1. The average Bonchev–Trinajstić information content (AvgIpc) is 2.74. The average molecular weight is 447 g/mol. The number of aromatic nitrogens is 1. The molecule has 1 aromatic heterocycles. The molecule has 0 saturated heterocycles. The van der Waals surface area contributed by atoms with Gasteiger partial charge in [-0.1, -0.05) is 41.4 Å². The standard InChI is InChI=1S/C22H17Cl2FN2O3/c1-14(22(29)30-20-9-8-16(23)11-18(20)24)27(13-15-5-4-10-26-12-15)21(28)17-6-2-3-7-19(17)25/h2-12,14H,13H2,1H3. The van der Waals surface area contributed by atoms with E-state index in [0.29, 0.717) is 10.6 Å². The highest BCUT2D eigenvalue weighted by Crippen LogP contribution is 2.28. The SMILES string of the molecule is CC(C(=O)Oc1ccc(Cl)cc1Cl)N(Cc1cccnc1)C(=O)c1ccccc1F. The number of carbonyl (C=O) groups excluding carboxylic acids is 2. The zero-order chi connectivity index (χ0) is 21.7. The van der Waals surface area contributed by atoms with Crippen molar-refractivity contribution in [3.05, 3.63) is 94.0 Å². The van der Waals surface area contributed by atoms with E-state index in [1.165, 1.54) is 48.2 Å². The van der Waals surface area contributed by atoms with Gasteiger partial charge in [0.1, 0.15) is 17.6 Å². The van der Waals surface area contributed by atoms with Gasteiger partial charge in [0.05, 0.1) is 10.6 Å². The second kappa shape index (κ2) is 9.69. The molecule has 3 rings (SSSR count). The Morgan fingerprint density at radius 2 is 1.90 bits per heavy atom. The number of rotatable bonds is 6. The smallest absolute Gasteiger partial charge is 0.334 e. The summed E-state index contributed by atoms with van der Waals surface area (Å²) in [5.41, 5.74) is 0.525. The van der Waals surface area contributed by atoms with Crippen LogP contribution in [0.2, 0.25) is 10.0 Å². The van der Waals surface area contributed by atoms with Gasteiger partial charge in [-0.3, -0.25) is 9.78 Å². The van der Waals surface area contributed by atoms with Crippen LogP contribution >= 0.6 is 23.2 Å². The van der Waals surface area contributed by atoms with E-state index in [1.807, 2.05) is 0 Å². The lowest BCUT2D eigenvalue weighted by Gasteiger charge is -2.28. The Labute approximate surface area is 183 Å². The maximum absolute atomic E-state index is 14.2. The number of carbonyl (C=O) groups is 2. The molecule has 1 atom stereocenters. The summed E-state index contributed by atoms with van der Waals surface area (Å²) in [6.07, 6.45) is 3.16. The second-order valence-electron chi connectivity index (χ2n) is 6.45. The summed E-state index contributed by atoms with van der Waals surface area (Å²) >= 11 is 11.9. The fraction of sp³-hybridized carbons (Fsp3) is 0.136. The Morgan fingerprint density at radius 3 is 2.57 bits per heavy atom. The van der Waals surface area contributed by atoms with Gasteiger partial charge < -0.3 is 9.64 Å². The summed E-state index contributed by atoms with van der Waals surface area (Å²) in [5, 5.41) is 0.545. The maximum Gasteiger partial charge on any atom is 0.334 e. The summed E-state index contributed by atoms with van der Waals surface area (Å²) in [7, 11) is 0. The van der Waals surface area contributed by atoms with E-state index in [9.17, 15) is 14.0 Å². The molecular weight excluding hydrogens is 430 g/mol. The largest absolute Gasteiger partial charge is 0.423 e. The van der Waals surface area contributed by atoms with Crippen LogP contribution in [0, 0.1) is 5.82 Å². The molecule has 0 radical (unpaired) electrons. The topological polar surface area (TPSA) is 59.5 Å². The first kappa shape index (κ1) is 21.7. The van der Waals surface area contributed by atoms with E-state index in [2.05, 4.69) is 4.98 Å². The van der Waals surface area contributed by atoms with Crippen molar-refractivity contribution in [3.8, 4) is 5.75 Å². The Hall–Kier alpha value is -2.96. The summed E-state index contributed by atoms with van der Waals surface area (Å²) in [5.74, 6) is -1.95. The van der Waals surface area contributed by atoms with E-state index in [0.717, 1.165) is 0 Å². The summed E-state index contributed by atoms with van der Waals surface area (Å²) in [4.78, 5) is 31.1. The van der Waals surface area contributed by atoms with Gasteiger partial charge in [-0.15, -0.1) is 0 Å². The van der Waals surface area contributed by atoms with E-state index < -0.39 is 23.7 Å². The predicted molar refractivity (Wildman–Crippen MR) is 112 cm³/mol. The number of benzene rings is 2. The number of esters is 1. The van der Waals surface area contributed by atoms with Gasteiger partial charge in [0.15, 0.2) is 0 Å². The monoisotopic (exact) mass is 446 g/mol. The highest BCUT2D eigenvalue weighted by molar-refractivity contribution is 6.35. The lowest BCUT2D eigenvalue weighted by atomic mass is 10.1. The molecular formula is C22H17Cl2FN2O3. The van der Waals surface area contributed by atoms with Crippen molar-refractivity contribution in [2.75, 3.05) is 0 Å².